The predicted molar refractivity (Wildman–Crippen MR) is 75.0 cm³/mol. The maximum atomic E-state index is 12.1. The van der Waals surface area contributed by atoms with E-state index in [2.05, 4.69) is 17.2 Å². The number of carboxylic acids is 1. The maximum Gasteiger partial charge on any atom is 0.354 e. The number of thioether (sulfide) groups is 1. The maximum absolute atomic E-state index is 12.1. The van der Waals surface area contributed by atoms with Gasteiger partial charge in [-0.1, -0.05) is 6.92 Å². The van der Waals surface area contributed by atoms with Crippen LogP contribution in [0.3, 0.4) is 0 Å². The minimum absolute atomic E-state index is 0.0188. The van der Waals surface area contributed by atoms with Crippen molar-refractivity contribution in [2.75, 3.05) is 24.2 Å². The number of amides is 2. The average Bonchev–Trinajstić information content (AvgIpc) is 2.70. The number of aromatic carboxylic acids is 1. The Balaban J connectivity index is 2.08. The van der Waals surface area contributed by atoms with Gasteiger partial charge in [-0.05, 0) is 13.0 Å². The Hall–Kier alpha value is -1.63. The molecule has 1 unspecified atom stereocenters. The molecule has 2 amide bonds. The molecule has 2 rings (SSSR count). The highest BCUT2D eigenvalue weighted by molar-refractivity contribution is 7.99. The summed E-state index contributed by atoms with van der Waals surface area (Å²) in [7, 11) is 0. The number of anilines is 1. The smallest absolute Gasteiger partial charge is 0.354 e. The van der Waals surface area contributed by atoms with E-state index in [0.29, 0.717) is 29.7 Å². The number of rotatable bonds is 2. The van der Waals surface area contributed by atoms with Crippen LogP contribution in [0.5, 0.6) is 0 Å². The normalized spacial score (nSPS) is 19.3. The molecule has 1 atom stereocenters. The van der Waals surface area contributed by atoms with Crippen LogP contribution in [-0.2, 0) is 0 Å². The third-order valence-electron chi connectivity index (χ3n) is 2.94. The lowest BCUT2D eigenvalue weighted by atomic mass is 10.3. The number of nitrogens with zero attached hydrogens (tertiary/aromatic N) is 1. The molecular formula is C12H17N3O3S. The minimum atomic E-state index is -1.08. The van der Waals surface area contributed by atoms with E-state index < -0.39 is 5.97 Å². The van der Waals surface area contributed by atoms with Gasteiger partial charge in [0.2, 0.25) is 0 Å². The number of carbonyl (C=O) groups excluding carboxylic acids is 1. The van der Waals surface area contributed by atoms with Crippen LogP contribution in [0.15, 0.2) is 6.07 Å². The molecule has 0 aliphatic carbocycles. The predicted octanol–water partition coefficient (Wildman–Crippen LogP) is 1.99. The Morgan fingerprint density at radius 1 is 1.58 bits per heavy atom. The lowest BCUT2D eigenvalue weighted by Crippen LogP contribution is -2.43. The molecule has 1 aliphatic heterocycles. The second-order valence-corrected chi connectivity index (χ2v) is 6.15. The van der Waals surface area contributed by atoms with Crippen molar-refractivity contribution >= 4 is 29.4 Å². The number of carboxylic acid groups (broad SMARTS) is 1. The quantitative estimate of drug-likeness (QED) is 0.775. The fourth-order valence-electron chi connectivity index (χ4n) is 2.05. The number of aryl methyl sites for hydroxylation is 1. The van der Waals surface area contributed by atoms with Crippen molar-refractivity contribution < 1.29 is 14.7 Å². The van der Waals surface area contributed by atoms with Crippen LogP contribution in [0.1, 0.15) is 23.1 Å². The Labute approximate surface area is 115 Å². The number of nitrogens with one attached hydrogen (secondary N) is 2. The first-order valence-electron chi connectivity index (χ1n) is 6.08. The van der Waals surface area contributed by atoms with Gasteiger partial charge in [0.25, 0.3) is 0 Å². The summed E-state index contributed by atoms with van der Waals surface area (Å²) in [6.45, 7) is 5.20. The molecule has 1 saturated heterocycles. The summed E-state index contributed by atoms with van der Waals surface area (Å²) < 4.78 is 0. The van der Waals surface area contributed by atoms with Crippen LogP contribution in [-0.4, -0.2) is 51.1 Å². The van der Waals surface area contributed by atoms with Gasteiger partial charge in [-0.15, -0.1) is 0 Å². The van der Waals surface area contributed by atoms with Gasteiger partial charge in [-0.3, -0.25) is 0 Å². The number of hydrogen-bond donors (Lipinski definition) is 3. The van der Waals surface area contributed by atoms with Gasteiger partial charge >= 0.3 is 12.0 Å². The van der Waals surface area contributed by atoms with Crippen molar-refractivity contribution in [1.82, 2.24) is 9.88 Å². The summed E-state index contributed by atoms with van der Waals surface area (Å²) in [6, 6.07) is 1.39. The van der Waals surface area contributed by atoms with Crippen molar-refractivity contribution in [2.45, 2.75) is 19.1 Å². The lowest BCUT2D eigenvalue weighted by molar-refractivity contribution is 0.0692. The third-order valence-corrected chi connectivity index (χ3v) is 4.07. The molecule has 104 valence electrons. The minimum Gasteiger partial charge on any atom is -0.477 e. The van der Waals surface area contributed by atoms with E-state index in [4.69, 9.17) is 5.11 Å². The zero-order valence-electron chi connectivity index (χ0n) is 10.9. The largest absolute Gasteiger partial charge is 0.477 e. The molecule has 1 aromatic rings. The van der Waals surface area contributed by atoms with Gasteiger partial charge in [0.15, 0.2) is 0 Å². The number of aromatic amines is 1. The summed E-state index contributed by atoms with van der Waals surface area (Å²) >= 11 is 1.84. The fourth-order valence-corrected chi connectivity index (χ4v) is 3.07. The molecule has 0 bridgehead atoms. The molecule has 19 heavy (non-hydrogen) atoms. The van der Waals surface area contributed by atoms with E-state index in [1.54, 1.807) is 17.9 Å². The molecule has 6 nitrogen and oxygen atoms in total. The Bertz CT molecular complexity index is 500. The zero-order valence-corrected chi connectivity index (χ0v) is 11.7. The molecule has 7 heteroatoms. The van der Waals surface area contributed by atoms with Gasteiger partial charge in [0.05, 0.1) is 5.69 Å². The Morgan fingerprint density at radius 3 is 2.95 bits per heavy atom. The molecular weight excluding hydrogens is 266 g/mol. The number of hydrogen-bond acceptors (Lipinski definition) is 3. The van der Waals surface area contributed by atoms with Crippen LogP contribution in [0, 0.1) is 6.92 Å². The number of H-pyrrole nitrogens is 1. The molecule has 0 aromatic carbocycles. The van der Waals surface area contributed by atoms with Gasteiger partial charge in [0.1, 0.15) is 5.69 Å². The van der Waals surface area contributed by atoms with Gasteiger partial charge in [0, 0.05) is 29.8 Å². The van der Waals surface area contributed by atoms with Crippen LogP contribution in [0.25, 0.3) is 0 Å². The van der Waals surface area contributed by atoms with Crippen LogP contribution in [0.2, 0.25) is 0 Å². The van der Waals surface area contributed by atoms with Gasteiger partial charge in [-0.2, -0.15) is 11.8 Å². The van der Waals surface area contributed by atoms with Crippen LogP contribution in [0.4, 0.5) is 10.5 Å². The highest BCUT2D eigenvalue weighted by Crippen LogP contribution is 2.21. The van der Waals surface area contributed by atoms with Crippen molar-refractivity contribution in [3.8, 4) is 0 Å². The number of urea groups is 1. The number of aromatic nitrogens is 1. The monoisotopic (exact) mass is 283 g/mol. The van der Waals surface area contributed by atoms with E-state index in [1.807, 2.05) is 11.8 Å². The van der Waals surface area contributed by atoms with Crippen molar-refractivity contribution in [3.63, 3.8) is 0 Å². The SMILES string of the molecule is Cc1cc(NC(=O)N2CCSC(C)C2)c(C(=O)O)[nH]1. The first kappa shape index (κ1) is 13.8. The Kier molecular flexibility index (Phi) is 4.04. The highest BCUT2D eigenvalue weighted by Gasteiger charge is 2.23. The first-order chi connectivity index (χ1) is 8.97. The summed E-state index contributed by atoms with van der Waals surface area (Å²) in [5, 5.41) is 12.1. The molecule has 1 fully saturated rings. The molecule has 0 spiro atoms. The highest BCUT2D eigenvalue weighted by atomic mass is 32.2. The lowest BCUT2D eigenvalue weighted by Gasteiger charge is -2.30. The molecule has 0 radical (unpaired) electrons. The molecule has 2 heterocycles. The van der Waals surface area contributed by atoms with Gasteiger partial charge in [-0.25, -0.2) is 9.59 Å². The Morgan fingerprint density at radius 2 is 2.32 bits per heavy atom. The summed E-state index contributed by atoms with van der Waals surface area (Å²) in [6.07, 6.45) is 0. The zero-order chi connectivity index (χ0) is 14.0. The van der Waals surface area contributed by atoms with E-state index in [9.17, 15) is 9.59 Å². The van der Waals surface area contributed by atoms with Crippen LogP contribution >= 0.6 is 11.8 Å². The van der Waals surface area contributed by atoms with E-state index in [1.165, 1.54) is 0 Å². The van der Waals surface area contributed by atoms with Crippen molar-refractivity contribution in [2.24, 2.45) is 0 Å². The fraction of sp³-hybridized carbons (Fsp3) is 0.500. The standard InChI is InChI=1S/C12H17N3O3S/c1-7-5-9(10(13-7)11(16)17)14-12(18)15-3-4-19-8(2)6-15/h5,8,13H,3-4,6H2,1-2H3,(H,14,18)(H,16,17). The van der Waals surface area contributed by atoms with E-state index >= 15 is 0 Å². The van der Waals surface area contributed by atoms with Crippen LogP contribution < -0.4 is 5.32 Å². The summed E-state index contributed by atoms with van der Waals surface area (Å²) in [5.74, 6) is -0.169. The van der Waals surface area contributed by atoms with E-state index in [-0.39, 0.29) is 11.7 Å². The van der Waals surface area contributed by atoms with Gasteiger partial charge < -0.3 is 20.3 Å². The second-order valence-electron chi connectivity index (χ2n) is 4.60. The molecule has 1 aliphatic rings. The molecule has 1 aromatic heterocycles. The van der Waals surface area contributed by atoms with Crippen molar-refractivity contribution in [1.29, 1.82) is 0 Å². The number of carbonyl (C=O) groups is 2. The molecule has 0 saturated carbocycles. The topological polar surface area (TPSA) is 85.4 Å². The summed E-state index contributed by atoms with van der Waals surface area (Å²) in [5.41, 5.74) is 1.04. The van der Waals surface area contributed by atoms with E-state index in [0.717, 1.165) is 5.75 Å². The first-order valence-corrected chi connectivity index (χ1v) is 7.12. The second kappa shape index (κ2) is 5.56. The van der Waals surface area contributed by atoms with Crippen molar-refractivity contribution in [3.05, 3.63) is 17.5 Å². The molecule has 3 N–H and O–H groups in total. The summed E-state index contributed by atoms with van der Waals surface area (Å²) in [4.78, 5) is 27.6. The third kappa shape index (κ3) is 3.23. The average molecular weight is 283 g/mol.